The summed E-state index contributed by atoms with van der Waals surface area (Å²) in [6.45, 7) is 6.19. The molecule has 9 heteroatoms. The van der Waals surface area contributed by atoms with Gasteiger partial charge in [0.2, 0.25) is 5.91 Å². The van der Waals surface area contributed by atoms with Crippen LogP contribution >= 0.6 is 0 Å². The van der Waals surface area contributed by atoms with Gasteiger partial charge >= 0.3 is 6.09 Å². The predicted octanol–water partition coefficient (Wildman–Crippen LogP) is 3.89. The molecule has 1 saturated carbocycles. The third-order valence-electron chi connectivity index (χ3n) is 6.66. The van der Waals surface area contributed by atoms with Gasteiger partial charge in [0, 0.05) is 37.4 Å². The van der Waals surface area contributed by atoms with Crippen LogP contribution in [0, 0.1) is 0 Å². The molecule has 1 N–H and O–H groups in total. The van der Waals surface area contributed by atoms with Crippen molar-refractivity contribution in [2.45, 2.75) is 69.9 Å². The van der Waals surface area contributed by atoms with Crippen molar-refractivity contribution in [2.75, 3.05) is 13.1 Å². The number of amides is 2. The molecule has 1 aromatic heterocycles. The third-order valence-corrected chi connectivity index (χ3v) is 6.66. The Labute approximate surface area is 191 Å². The number of hydrogen-bond acceptors (Lipinski definition) is 4. The van der Waals surface area contributed by atoms with E-state index in [1.807, 2.05) is 32.9 Å². The van der Waals surface area contributed by atoms with Crippen LogP contribution in [0.1, 0.15) is 68.1 Å². The smallest absolute Gasteiger partial charge is 0.410 e. The molecule has 0 bridgehead atoms. The van der Waals surface area contributed by atoms with Crippen molar-refractivity contribution in [3.63, 3.8) is 0 Å². The van der Waals surface area contributed by atoms with Crippen LogP contribution in [0.5, 0.6) is 0 Å². The van der Waals surface area contributed by atoms with E-state index in [1.165, 1.54) is 0 Å². The summed E-state index contributed by atoms with van der Waals surface area (Å²) in [6, 6.07) is 6.73. The van der Waals surface area contributed by atoms with Crippen LogP contribution in [0.2, 0.25) is 0 Å². The quantitative estimate of drug-likeness (QED) is 0.741. The molecule has 1 aromatic carbocycles. The number of nitrogens with one attached hydrogen (secondary N) is 1. The van der Waals surface area contributed by atoms with E-state index in [2.05, 4.69) is 5.32 Å². The van der Waals surface area contributed by atoms with Crippen LogP contribution in [-0.4, -0.2) is 51.3 Å². The van der Waals surface area contributed by atoms with Gasteiger partial charge in [-0.3, -0.25) is 9.69 Å². The Morgan fingerprint density at radius 2 is 1.97 bits per heavy atom. The van der Waals surface area contributed by atoms with Crippen LogP contribution in [0.15, 0.2) is 24.3 Å². The van der Waals surface area contributed by atoms with Crippen LogP contribution < -0.4 is 5.32 Å². The molecule has 7 nitrogen and oxygen atoms in total. The molecule has 0 radical (unpaired) electrons. The summed E-state index contributed by atoms with van der Waals surface area (Å²) in [4.78, 5) is 26.9. The summed E-state index contributed by atoms with van der Waals surface area (Å²) in [6.07, 6.45) is 0.686. The minimum atomic E-state index is -2.64. The molecule has 1 aliphatic carbocycles. The first kappa shape index (κ1) is 21.9. The molecule has 3 heterocycles. The topological polar surface area (TPSA) is 76.5 Å². The van der Waals surface area contributed by atoms with Crippen LogP contribution in [-0.2, 0) is 22.4 Å². The second-order valence-electron chi connectivity index (χ2n) is 10.1. The number of benzene rings is 1. The van der Waals surface area contributed by atoms with Gasteiger partial charge in [0.25, 0.3) is 5.92 Å². The lowest BCUT2D eigenvalue weighted by Crippen LogP contribution is -2.46. The number of hydrogen-bond donors (Lipinski definition) is 1. The molecule has 0 spiro atoms. The zero-order valence-electron chi connectivity index (χ0n) is 19.0. The second-order valence-corrected chi connectivity index (χ2v) is 10.1. The highest BCUT2D eigenvalue weighted by atomic mass is 19.3. The zero-order chi connectivity index (χ0) is 23.5. The number of carbonyl (C=O) groups excluding carboxylic acids is 2. The van der Waals surface area contributed by atoms with Crippen molar-refractivity contribution in [2.24, 2.45) is 0 Å². The highest BCUT2D eigenvalue weighted by molar-refractivity contribution is 5.80. The van der Waals surface area contributed by atoms with Crippen LogP contribution in [0.3, 0.4) is 0 Å². The van der Waals surface area contributed by atoms with Crippen molar-refractivity contribution >= 4 is 12.0 Å². The molecule has 2 amide bonds. The Balaban J connectivity index is 1.49. The van der Waals surface area contributed by atoms with Crippen molar-refractivity contribution in [1.29, 1.82) is 0 Å². The minimum absolute atomic E-state index is 0.0625. The summed E-state index contributed by atoms with van der Waals surface area (Å²) in [5.74, 6) is -3.51. The number of rotatable bonds is 2. The van der Waals surface area contributed by atoms with Gasteiger partial charge in [-0.1, -0.05) is 12.1 Å². The molecular formula is C24H28F2N4O3. The van der Waals surface area contributed by atoms with Gasteiger partial charge in [-0.05, 0) is 44.9 Å². The monoisotopic (exact) mass is 458 g/mol. The van der Waals surface area contributed by atoms with Gasteiger partial charge in [0.15, 0.2) is 0 Å². The van der Waals surface area contributed by atoms with Crippen molar-refractivity contribution in [3.8, 4) is 5.69 Å². The molecule has 1 fully saturated rings. The van der Waals surface area contributed by atoms with Crippen LogP contribution in [0.25, 0.3) is 5.69 Å². The number of halogens is 2. The summed E-state index contributed by atoms with van der Waals surface area (Å²) in [7, 11) is 0. The first-order valence-electron chi connectivity index (χ1n) is 11.4. The van der Waals surface area contributed by atoms with E-state index < -0.39 is 23.5 Å². The Morgan fingerprint density at radius 3 is 2.58 bits per heavy atom. The lowest BCUT2D eigenvalue weighted by molar-refractivity contribution is -0.120. The maximum Gasteiger partial charge on any atom is 0.410 e. The molecule has 3 aliphatic rings. The molecule has 2 unspecified atom stereocenters. The summed E-state index contributed by atoms with van der Waals surface area (Å²) < 4.78 is 35.0. The first-order valence-corrected chi connectivity index (χ1v) is 11.4. The predicted molar refractivity (Wildman–Crippen MR) is 117 cm³/mol. The first-order chi connectivity index (χ1) is 15.5. The number of nitrogens with zero attached hydrogens (tertiary/aromatic N) is 3. The number of alkyl halides is 2. The third kappa shape index (κ3) is 3.87. The Bertz CT molecular complexity index is 1100. The van der Waals surface area contributed by atoms with E-state index in [0.717, 1.165) is 16.9 Å². The van der Waals surface area contributed by atoms with Crippen molar-refractivity contribution in [3.05, 3.63) is 46.8 Å². The Morgan fingerprint density at radius 1 is 1.24 bits per heavy atom. The maximum absolute atomic E-state index is 13.8. The van der Waals surface area contributed by atoms with Gasteiger partial charge in [-0.25, -0.2) is 18.3 Å². The van der Waals surface area contributed by atoms with E-state index in [0.29, 0.717) is 37.2 Å². The van der Waals surface area contributed by atoms with E-state index in [9.17, 15) is 18.4 Å². The number of ether oxygens (including phenoxy) is 1. The largest absolute Gasteiger partial charge is 0.444 e. The van der Waals surface area contributed by atoms with E-state index in [1.54, 1.807) is 21.7 Å². The van der Waals surface area contributed by atoms with Gasteiger partial charge in [0.1, 0.15) is 5.60 Å². The Hall–Kier alpha value is -2.97. The van der Waals surface area contributed by atoms with Crippen molar-refractivity contribution < 1.29 is 23.1 Å². The van der Waals surface area contributed by atoms with Gasteiger partial charge in [-0.15, -0.1) is 0 Å². The highest BCUT2D eigenvalue weighted by Crippen LogP contribution is 2.50. The van der Waals surface area contributed by atoms with E-state index in [-0.39, 0.29) is 24.8 Å². The molecule has 2 aliphatic heterocycles. The molecule has 5 rings (SSSR count). The number of aromatic nitrogens is 2. The summed E-state index contributed by atoms with van der Waals surface area (Å²) in [5, 5.41) is 7.61. The normalized spacial score (nSPS) is 23.8. The molecule has 2 atom stereocenters. The summed E-state index contributed by atoms with van der Waals surface area (Å²) >= 11 is 0. The number of carbonyl (C=O) groups is 2. The van der Waals surface area contributed by atoms with Gasteiger partial charge < -0.3 is 10.1 Å². The minimum Gasteiger partial charge on any atom is -0.444 e. The van der Waals surface area contributed by atoms with E-state index >= 15 is 0 Å². The fourth-order valence-corrected chi connectivity index (χ4v) is 4.96. The van der Waals surface area contributed by atoms with Gasteiger partial charge in [0.05, 0.1) is 29.5 Å². The second kappa shape index (κ2) is 7.53. The molecule has 0 saturated heterocycles. The average molecular weight is 459 g/mol. The van der Waals surface area contributed by atoms with Crippen LogP contribution in [0.4, 0.5) is 13.6 Å². The molecule has 2 aromatic rings. The lowest BCUT2D eigenvalue weighted by Gasteiger charge is -2.37. The Kier molecular flexibility index (Phi) is 4.99. The maximum atomic E-state index is 13.8. The molecule has 33 heavy (non-hydrogen) atoms. The van der Waals surface area contributed by atoms with E-state index in [4.69, 9.17) is 9.84 Å². The highest BCUT2D eigenvalue weighted by Gasteiger charge is 2.49. The van der Waals surface area contributed by atoms with Crippen molar-refractivity contribution in [1.82, 2.24) is 20.0 Å². The fourth-order valence-electron chi connectivity index (χ4n) is 4.96. The van der Waals surface area contributed by atoms with Gasteiger partial charge in [-0.2, -0.15) is 5.10 Å². The SMILES string of the molecule is CC(C)(C)OC(=O)N1CCc2c3c(nn2-c2ccc(C4CCC4(F)F)cc2)CC(=O)NCC31. The molecule has 176 valence electrons. The fraction of sp³-hybridized carbons (Fsp3) is 0.542. The zero-order valence-corrected chi connectivity index (χ0v) is 19.0. The average Bonchev–Trinajstić information content (AvgIpc) is 3.00. The molecular weight excluding hydrogens is 430 g/mol. The summed E-state index contributed by atoms with van der Waals surface area (Å²) in [5.41, 5.74) is 3.21. The standard InChI is InChI=1S/C24H28F2N4O3/c1-23(2,3)33-22(32)29-11-9-18-21-17(12-20(31)27-13-19(21)29)28-30(18)15-6-4-14(5-7-15)16-8-10-24(16,25)26/h4-7,16,19H,8-13H2,1-3H3,(H,27,31). The lowest BCUT2D eigenvalue weighted by atomic mass is 9.76.